The molecule has 140 valence electrons. The van der Waals surface area contributed by atoms with Gasteiger partial charge in [0, 0.05) is 57.7 Å². The smallest absolute Gasteiger partial charge is 0.289 e. The summed E-state index contributed by atoms with van der Waals surface area (Å²) in [5.41, 5.74) is 0.261. The Morgan fingerprint density at radius 3 is 2.67 bits per heavy atom. The monoisotopic (exact) mass is 366 g/mol. The highest BCUT2D eigenvalue weighted by Crippen LogP contribution is 2.14. The van der Waals surface area contributed by atoms with E-state index in [9.17, 15) is 9.59 Å². The van der Waals surface area contributed by atoms with Crippen molar-refractivity contribution in [3.63, 3.8) is 0 Å². The van der Waals surface area contributed by atoms with Gasteiger partial charge in [0.2, 0.25) is 0 Å². The summed E-state index contributed by atoms with van der Waals surface area (Å²) in [5, 5.41) is 0.494. The molecule has 7 nitrogen and oxygen atoms in total. The largest absolute Gasteiger partial charge is 0.451 e. The van der Waals surface area contributed by atoms with Crippen molar-refractivity contribution in [2.45, 2.75) is 13.5 Å². The molecule has 0 radical (unpaired) electrons. The van der Waals surface area contributed by atoms with Crippen LogP contribution >= 0.6 is 0 Å². The fourth-order valence-corrected chi connectivity index (χ4v) is 3.43. The quantitative estimate of drug-likeness (QED) is 0.704. The molecule has 0 unspecified atom stereocenters. The van der Waals surface area contributed by atoms with Crippen LogP contribution in [0.3, 0.4) is 0 Å². The first-order valence-corrected chi connectivity index (χ1v) is 9.14. The van der Waals surface area contributed by atoms with Gasteiger partial charge in [0.1, 0.15) is 11.4 Å². The Bertz CT molecular complexity index is 1020. The minimum atomic E-state index is -0.219. The molecule has 0 N–H and O–H groups in total. The molecule has 2 aromatic heterocycles. The van der Waals surface area contributed by atoms with Gasteiger partial charge in [-0.2, -0.15) is 0 Å². The topological polar surface area (TPSA) is 71.6 Å². The molecule has 3 heterocycles. The number of piperazine rings is 1. The van der Waals surface area contributed by atoms with Crippen LogP contribution in [0.15, 0.2) is 51.9 Å². The van der Waals surface area contributed by atoms with Crippen LogP contribution in [-0.4, -0.2) is 58.0 Å². The van der Waals surface area contributed by atoms with Crippen molar-refractivity contribution in [1.29, 1.82) is 0 Å². The first kappa shape index (κ1) is 17.5. The summed E-state index contributed by atoms with van der Waals surface area (Å²) in [4.78, 5) is 33.3. The Kier molecular flexibility index (Phi) is 4.77. The number of benzene rings is 1. The number of aryl methyl sites for hydroxylation is 1. The number of hydrogen-bond donors (Lipinski definition) is 0. The van der Waals surface area contributed by atoms with Crippen LogP contribution in [0.25, 0.3) is 11.0 Å². The lowest BCUT2D eigenvalue weighted by Crippen LogP contribution is -2.49. The zero-order chi connectivity index (χ0) is 18.8. The number of carbonyl (C=O) groups is 1. The van der Waals surface area contributed by atoms with E-state index in [2.05, 4.69) is 14.5 Å². The Morgan fingerprint density at radius 2 is 1.93 bits per heavy atom. The van der Waals surface area contributed by atoms with Gasteiger partial charge in [0.25, 0.3) is 5.91 Å². The third-order valence-electron chi connectivity index (χ3n) is 5.09. The van der Waals surface area contributed by atoms with Crippen LogP contribution in [-0.2, 0) is 6.54 Å². The van der Waals surface area contributed by atoms with Gasteiger partial charge in [0.15, 0.2) is 11.2 Å². The summed E-state index contributed by atoms with van der Waals surface area (Å²) in [5.74, 6) is 0.902. The molecule has 1 saturated heterocycles. The lowest BCUT2D eigenvalue weighted by molar-refractivity contribution is 0.0603. The highest BCUT2D eigenvalue weighted by atomic mass is 16.3. The Labute approximate surface area is 156 Å². The Balaban J connectivity index is 1.38. The van der Waals surface area contributed by atoms with Crippen LogP contribution in [0.5, 0.6) is 0 Å². The second-order valence-electron chi connectivity index (χ2n) is 6.77. The van der Waals surface area contributed by atoms with Gasteiger partial charge in [-0.05, 0) is 19.1 Å². The Morgan fingerprint density at radius 1 is 1.15 bits per heavy atom. The van der Waals surface area contributed by atoms with Gasteiger partial charge >= 0.3 is 0 Å². The molecule has 1 aliphatic rings. The maximum absolute atomic E-state index is 12.8. The zero-order valence-corrected chi connectivity index (χ0v) is 15.3. The van der Waals surface area contributed by atoms with Crippen molar-refractivity contribution in [2.75, 3.05) is 32.7 Å². The van der Waals surface area contributed by atoms with E-state index in [4.69, 9.17) is 4.42 Å². The van der Waals surface area contributed by atoms with Crippen LogP contribution in [0.4, 0.5) is 0 Å². The van der Waals surface area contributed by atoms with E-state index < -0.39 is 0 Å². The van der Waals surface area contributed by atoms with Gasteiger partial charge in [-0.25, -0.2) is 4.98 Å². The molecule has 3 aromatic rings. The van der Waals surface area contributed by atoms with E-state index in [1.165, 1.54) is 6.07 Å². The molecule has 0 atom stereocenters. The lowest BCUT2D eigenvalue weighted by atomic mass is 10.2. The van der Waals surface area contributed by atoms with E-state index >= 15 is 0 Å². The third-order valence-corrected chi connectivity index (χ3v) is 5.09. The number of amides is 1. The summed E-state index contributed by atoms with van der Waals surface area (Å²) in [6, 6.07) is 8.30. The second kappa shape index (κ2) is 7.36. The number of hydrogen-bond acceptors (Lipinski definition) is 5. The van der Waals surface area contributed by atoms with Crippen molar-refractivity contribution in [3.05, 3.63) is 64.5 Å². The highest BCUT2D eigenvalue weighted by molar-refractivity contribution is 5.93. The summed E-state index contributed by atoms with van der Waals surface area (Å²) >= 11 is 0. The van der Waals surface area contributed by atoms with E-state index in [0.717, 1.165) is 32.0 Å². The standard InChI is InChI=1S/C20H22N4O3/c1-15-21-6-7-23(15)11-8-22-9-12-24(13-10-22)20(26)19-14-17(25)16-4-2-3-5-18(16)27-19/h2-7,14H,8-13H2,1H3. The average Bonchev–Trinajstić information content (AvgIpc) is 3.11. The van der Waals surface area contributed by atoms with Crippen molar-refractivity contribution >= 4 is 16.9 Å². The molecule has 1 fully saturated rings. The van der Waals surface area contributed by atoms with Crippen LogP contribution in [0.1, 0.15) is 16.4 Å². The predicted molar refractivity (Wildman–Crippen MR) is 102 cm³/mol. The van der Waals surface area contributed by atoms with Crippen molar-refractivity contribution in [2.24, 2.45) is 0 Å². The normalized spacial score (nSPS) is 15.4. The first-order valence-electron chi connectivity index (χ1n) is 9.14. The maximum Gasteiger partial charge on any atom is 0.289 e. The van der Waals surface area contributed by atoms with E-state index in [1.54, 1.807) is 29.2 Å². The van der Waals surface area contributed by atoms with Gasteiger partial charge < -0.3 is 13.9 Å². The average molecular weight is 366 g/mol. The number of fused-ring (bicyclic) bond motifs is 1. The zero-order valence-electron chi connectivity index (χ0n) is 15.3. The molecule has 0 bridgehead atoms. The number of para-hydroxylation sites is 1. The molecule has 7 heteroatoms. The van der Waals surface area contributed by atoms with Crippen molar-refractivity contribution < 1.29 is 9.21 Å². The van der Waals surface area contributed by atoms with Gasteiger partial charge in [-0.3, -0.25) is 14.5 Å². The summed E-state index contributed by atoms with van der Waals surface area (Å²) in [6.45, 7) is 6.66. The van der Waals surface area contributed by atoms with Crippen LogP contribution < -0.4 is 5.43 Å². The van der Waals surface area contributed by atoms with E-state index in [0.29, 0.717) is 24.1 Å². The second-order valence-corrected chi connectivity index (χ2v) is 6.77. The summed E-state index contributed by atoms with van der Waals surface area (Å²) < 4.78 is 7.81. The van der Waals surface area contributed by atoms with Gasteiger partial charge in [0.05, 0.1) is 5.39 Å². The molecule has 1 aliphatic heterocycles. The maximum atomic E-state index is 12.8. The highest BCUT2D eigenvalue weighted by Gasteiger charge is 2.24. The van der Waals surface area contributed by atoms with E-state index in [-0.39, 0.29) is 17.1 Å². The molecular weight excluding hydrogens is 344 g/mol. The summed E-state index contributed by atoms with van der Waals surface area (Å²) in [6.07, 6.45) is 3.79. The minimum absolute atomic E-state index is 0.112. The minimum Gasteiger partial charge on any atom is -0.451 e. The SMILES string of the molecule is Cc1nccn1CCN1CCN(C(=O)c2cc(=O)c3ccccc3o2)CC1. The van der Waals surface area contributed by atoms with Crippen molar-refractivity contribution in [1.82, 2.24) is 19.4 Å². The van der Waals surface area contributed by atoms with Gasteiger partial charge in [-0.1, -0.05) is 12.1 Å². The molecular formula is C20H22N4O3. The molecule has 4 rings (SSSR count). The predicted octanol–water partition coefficient (Wildman–Crippen LogP) is 1.76. The molecule has 27 heavy (non-hydrogen) atoms. The van der Waals surface area contributed by atoms with Gasteiger partial charge in [-0.15, -0.1) is 0 Å². The number of carbonyl (C=O) groups excluding carboxylic acids is 1. The lowest BCUT2D eigenvalue weighted by Gasteiger charge is -2.34. The fraction of sp³-hybridized carbons (Fsp3) is 0.350. The first-order chi connectivity index (χ1) is 13.1. The molecule has 0 saturated carbocycles. The van der Waals surface area contributed by atoms with Crippen LogP contribution in [0, 0.1) is 6.92 Å². The Hall–Kier alpha value is -2.93. The molecule has 0 spiro atoms. The van der Waals surface area contributed by atoms with E-state index in [1.807, 2.05) is 19.3 Å². The summed E-state index contributed by atoms with van der Waals surface area (Å²) in [7, 11) is 0. The number of nitrogens with zero attached hydrogens (tertiary/aromatic N) is 4. The number of aromatic nitrogens is 2. The van der Waals surface area contributed by atoms with Crippen molar-refractivity contribution in [3.8, 4) is 0 Å². The molecule has 1 aromatic carbocycles. The number of rotatable bonds is 4. The fourth-order valence-electron chi connectivity index (χ4n) is 3.43. The molecule has 0 aliphatic carbocycles. The van der Waals surface area contributed by atoms with Crippen LogP contribution in [0.2, 0.25) is 0 Å². The molecule has 1 amide bonds. The third kappa shape index (κ3) is 3.64. The number of imidazole rings is 1.